The van der Waals surface area contributed by atoms with Crippen LogP contribution in [-0.4, -0.2) is 12.5 Å². The number of benzene rings is 1. The predicted molar refractivity (Wildman–Crippen MR) is 70.0 cm³/mol. The number of nitrogens with one attached hydrogen (secondary N) is 2. The van der Waals surface area contributed by atoms with E-state index in [2.05, 4.69) is 30.5 Å². The van der Waals surface area contributed by atoms with Crippen molar-refractivity contribution in [2.75, 3.05) is 11.9 Å². The van der Waals surface area contributed by atoms with Crippen LogP contribution >= 0.6 is 0 Å². The van der Waals surface area contributed by atoms with Gasteiger partial charge in [0.2, 0.25) is 5.91 Å². The first kappa shape index (κ1) is 12.1. The van der Waals surface area contributed by atoms with E-state index in [1.165, 1.54) is 5.56 Å². The van der Waals surface area contributed by atoms with Crippen molar-refractivity contribution >= 4 is 11.6 Å². The molecule has 1 aromatic rings. The van der Waals surface area contributed by atoms with Gasteiger partial charge < -0.3 is 10.6 Å². The molecule has 1 aliphatic heterocycles. The first-order valence-electron chi connectivity index (χ1n) is 6.22. The van der Waals surface area contributed by atoms with Gasteiger partial charge in [-0.15, -0.1) is 0 Å². The van der Waals surface area contributed by atoms with Gasteiger partial charge in [-0.25, -0.2) is 0 Å². The van der Waals surface area contributed by atoms with Gasteiger partial charge in [-0.2, -0.15) is 0 Å². The lowest BCUT2D eigenvalue weighted by molar-refractivity contribution is -0.117. The molecule has 0 bridgehead atoms. The molecule has 3 nitrogen and oxygen atoms in total. The van der Waals surface area contributed by atoms with Gasteiger partial charge >= 0.3 is 0 Å². The second-order valence-corrected chi connectivity index (χ2v) is 5.15. The molecule has 0 radical (unpaired) electrons. The Hall–Kier alpha value is -1.35. The molecule has 1 aromatic carbocycles. The number of fused-ring (bicyclic) bond motifs is 1. The Kier molecular flexibility index (Phi) is 3.48. The van der Waals surface area contributed by atoms with Gasteiger partial charge in [0.1, 0.15) is 6.04 Å². The molecular formula is C14H20N2O. The van der Waals surface area contributed by atoms with Crippen LogP contribution in [0.4, 0.5) is 5.69 Å². The maximum absolute atomic E-state index is 11.8. The first-order chi connectivity index (χ1) is 8.08. The number of carbonyl (C=O) groups excluding carboxylic acids is 1. The van der Waals surface area contributed by atoms with Crippen LogP contribution in [0.3, 0.4) is 0 Å². The fraction of sp³-hybridized carbons (Fsp3) is 0.500. The number of hydrogen-bond acceptors (Lipinski definition) is 2. The van der Waals surface area contributed by atoms with Crippen LogP contribution in [0.15, 0.2) is 18.2 Å². The van der Waals surface area contributed by atoms with Crippen molar-refractivity contribution in [2.24, 2.45) is 5.92 Å². The maximum Gasteiger partial charge on any atom is 0.246 e. The number of carbonyl (C=O) groups is 1. The summed E-state index contributed by atoms with van der Waals surface area (Å²) < 4.78 is 0. The van der Waals surface area contributed by atoms with Gasteiger partial charge in [-0.1, -0.05) is 31.5 Å². The zero-order valence-corrected chi connectivity index (χ0v) is 10.7. The van der Waals surface area contributed by atoms with Gasteiger partial charge in [0.05, 0.1) is 0 Å². The van der Waals surface area contributed by atoms with Gasteiger partial charge in [0.15, 0.2) is 0 Å². The molecule has 0 saturated carbocycles. The number of rotatable bonds is 4. The van der Waals surface area contributed by atoms with Crippen LogP contribution in [-0.2, 0) is 4.79 Å². The standard InChI is InChI=1S/C14H20N2O/c1-9(2)6-7-15-13-11-8-10(3)4-5-12(11)16-14(13)17/h4-5,8-9,13,15H,6-7H2,1-3H3,(H,16,17). The van der Waals surface area contributed by atoms with Crippen molar-refractivity contribution in [3.05, 3.63) is 29.3 Å². The van der Waals surface area contributed by atoms with Gasteiger partial charge in [0, 0.05) is 11.3 Å². The highest BCUT2D eigenvalue weighted by molar-refractivity contribution is 6.02. The summed E-state index contributed by atoms with van der Waals surface area (Å²) in [5, 5.41) is 6.25. The number of anilines is 1. The second-order valence-electron chi connectivity index (χ2n) is 5.15. The lowest BCUT2D eigenvalue weighted by atomic mass is 10.0. The maximum atomic E-state index is 11.8. The first-order valence-corrected chi connectivity index (χ1v) is 6.22. The molecule has 1 atom stereocenters. The van der Waals surface area contributed by atoms with E-state index in [1.807, 2.05) is 19.1 Å². The van der Waals surface area contributed by atoms with Crippen LogP contribution < -0.4 is 10.6 Å². The summed E-state index contributed by atoms with van der Waals surface area (Å²) in [6.07, 6.45) is 1.09. The smallest absolute Gasteiger partial charge is 0.246 e. The summed E-state index contributed by atoms with van der Waals surface area (Å²) >= 11 is 0. The molecule has 0 spiro atoms. The fourth-order valence-electron chi connectivity index (χ4n) is 2.10. The SMILES string of the molecule is Cc1ccc2c(c1)C(NCCC(C)C)C(=O)N2. The molecule has 0 aromatic heterocycles. The molecular weight excluding hydrogens is 212 g/mol. The van der Waals surface area contributed by atoms with Crippen LogP contribution in [0.1, 0.15) is 37.4 Å². The largest absolute Gasteiger partial charge is 0.324 e. The van der Waals surface area contributed by atoms with E-state index in [9.17, 15) is 4.79 Å². The average Bonchev–Trinajstić information content (AvgIpc) is 2.55. The summed E-state index contributed by atoms with van der Waals surface area (Å²) in [6.45, 7) is 7.31. The van der Waals surface area contributed by atoms with E-state index < -0.39 is 0 Å². The Balaban J connectivity index is 2.08. The lowest BCUT2D eigenvalue weighted by Crippen LogP contribution is -2.28. The number of amides is 1. The predicted octanol–water partition coefficient (Wildman–Crippen LogP) is 2.62. The Morgan fingerprint density at radius 2 is 2.18 bits per heavy atom. The minimum atomic E-state index is -0.177. The second kappa shape index (κ2) is 4.88. The molecule has 1 amide bonds. The topological polar surface area (TPSA) is 41.1 Å². The van der Waals surface area contributed by atoms with E-state index >= 15 is 0 Å². The number of aryl methyl sites for hydroxylation is 1. The van der Waals surface area contributed by atoms with Crippen LogP contribution in [0.5, 0.6) is 0 Å². The summed E-state index contributed by atoms with van der Waals surface area (Å²) in [7, 11) is 0. The fourth-order valence-corrected chi connectivity index (χ4v) is 2.10. The van der Waals surface area contributed by atoms with Crippen molar-refractivity contribution in [3.63, 3.8) is 0 Å². The Bertz CT molecular complexity index is 426. The molecule has 1 unspecified atom stereocenters. The third kappa shape index (κ3) is 2.67. The molecule has 92 valence electrons. The highest BCUT2D eigenvalue weighted by Gasteiger charge is 2.29. The van der Waals surface area contributed by atoms with Crippen molar-refractivity contribution in [2.45, 2.75) is 33.2 Å². The van der Waals surface area contributed by atoms with E-state index in [4.69, 9.17) is 0 Å². The zero-order valence-electron chi connectivity index (χ0n) is 10.7. The van der Waals surface area contributed by atoms with Gasteiger partial charge in [-0.05, 0) is 31.9 Å². The Morgan fingerprint density at radius 1 is 1.41 bits per heavy atom. The summed E-state index contributed by atoms with van der Waals surface area (Å²) in [5.74, 6) is 0.721. The molecule has 2 rings (SSSR count). The van der Waals surface area contributed by atoms with Gasteiger partial charge in [0.25, 0.3) is 0 Å². The monoisotopic (exact) mass is 232 g/mol. The highest BCUT2D eigenvalue weighted by Crippen LogP contribution is 2.31. The Morgan fingerprint density at radius 3 is 2.88 bits per heavy atom. The molecule has 1 aliphatic rings. The van der Waals surface area contributed by atoms with Crippen molar-refractivity contribution in [3.8, 4) is 0 Å². The van der Waals surface area contributed by atoms with E-state index in [0.717, 1.165) is 24.2 Å². The summed E-state index contributed by atoms with van der Waals surface area (Å²) in [5.41, 5.74) is 3.22. The lowest BCUT2D eigenvalue weighted by Gasteiger charge is -2.12. The molecule has 0 fully saturated rings. The number of hydrogen-bond donors (Lipinski definition) is 2. The van der Waals surface area contributed by atoms with Crippen LogP contribution in [0.25, 0.3) is 0 Å². The average molecular weight is 232 g/mol. The Labute approximate surface area is 103 Å². The van der Waals surface area contributed by atoms with Crippen LogP contribution in [0.2, 0.25) is 0 Å². The third-order valence-corrected chi connectivity index (χ3v) is 3.11. The molecule has 3 heteroatoms. The van der Waals surface area contributed by atoms with Crippen molar-refractivity contribution < 1.29 is 4.79 Å². The minimum Gasteiger partial charge on any atom is -0.324 e. The normalized spacial score (nSPS) is 18.4. The van der Waals surface area contributed by atoms with E-state index in [0.29, 0.717) is 5.92 Å². The van der Waals surface area contributed by atoms with Gasteiger partial charge in [-0.3, -0.25) is 4.79 Å². The van der Waals surface area contributed by atoms with Crippen molar-refractivity contribution in [1.29, 1.82) is 0 Å². The third-order valence-electron chi connectivity index (χ3n) is 3.11. The van der Waals surface area contributed by atoms with E-state index in [-0.39, 0.29) is 11.9 Å². The quantitative estimate of drug-likeness (QED) is 0.838. The highest BCUT2D eigenvalue weighted by atomic mass is 16.2. The molecule has 1 heterocycles. The summed E-state index contributed by atoms with van der Waals surface area (Å²) in [4.78, 5) is 11.8. The molecule has 0 aliphatic carbocycles. The molecule has 17 heavy (non-hydrogen) atoms. The van der Waals surface area contributed by atoms with Crippen LogP contribution in [0, 0.1) is 12.8 Å². The van der Waals surface area contributed by atoms with E-state index in [1.54, 1.807) is 0 Å². The summed E-state index contributed by atoms with van der Waals surface area (Å²) in [6, 6.07) is 5.91. The zero-order chi connectivity index (χ0) is 12.4. The minimum absolute atomic E-state index is 0.0642. The van der Waals surface area contributed by atoms with Crippen molar-refractivity contribution in [1.82, 2.24) is 5.32 Å². The molecule has 2 N–H and O–H groups in total. The molecule has 0 saturated heterocycles.